The Morgan fingerprint density at radius 1 is 1.28 bits per heavy atom. The van der Waals surface area contributed by atoms with E-state index >= 15 is 0 Å². The molecule has 0 fully saturated rings. The summed E-state index contributed by atoms with van der Waals surface area (Å²) in [6.07, 6.45) is 0.884. The Morgan fingerprint density at radius 2 is 2.07 bits per heavy atom. The van der Waals surface area contributed by atoms with E-state index in [2.05, 4.69) is 10.3 Å². The number of nitrogens with zero attached hydrogens (tertiary/aromatic N) is 3. The summed E-state index contributed by atoms with van der Waals surface area (Å²) >= 11 is 0. The third kappa shape index (κ3) is 3.86. The van der Waals surface area contributed by atoms with Crippen LogP contribution >= 0.6 is 0 Å². The smallest absolute Gasteiger partial charge is 0.270 e. The van der Waals surface area contributed by atoms with Gasteiger partial charge >= 0.3 is 0 Å². The van der Waals surface area contributed by atoms with Gasteiger partial charge in [-0.2, -0.15) is 0 Å². The largest absolute Gasteiger partial charge is 0.486 e. The summed E-state index contributed by atoms with van der Waals surface area (Å²) in [6, 6.07) is 11.1. The molecule has 10 heteroatoms. The van der Waals surface area contributed by atoms with Crippen molar-refractivity contribution in [2.24, 2.45) is 0 Å². The van der Waals surface area contributed by atoms with Crippen LogP contribution in [-0.2, 0) is 11.3 Å². The second-order valence-corrected chi connectivity index (χ2v) is 6.44. The molecule has 10 nitrogen and oxygen atoms in total. The third-order valence-electron chi connectivity index (χ3n) is 4.43. The van der Waals surface area contributed by atoms with Crippen molar-refractivity contribution in [3.05, 3.63) is 69.3 Å². The van der Waals surface area contributed by atoms with Crippen molar-refractivity contribution in [2.45, 2.75) is 12.6 Å². The fourth-order valence-corrected chi connectivity index (χ4v) is 2.98. The van der Waals surface area contributed by atoms with E-state index in [1.165, 1.54) is 18.5 Å². The van der Waals surface area contributed by atoms with Gasteiger partial charge in [0.05, 0.1) is 28.7 Å². The lowest BCUT2D eigenvalue weighted by Crippen LogP contribution is -2.42. The average molecular weight is 396 g/mol. The monoisotopic (exact) mass is 396 g/mol. The number of benzene rings is 2. The normalized spacial score (nSPS) is 15.1. The molecule has 0 radical (unpaired) electrons. The summed E-state index contributed by atoms with van der Waals surface area (Å²) in [6.45, 7) is 0.224. The Balaban J connectivity index is 1.42. The summed E-state index contributed by atoms with van der Waals surface area (Å²) in [5.74, 6) is 0.841. The molecule has 1 aliphatic rings. The quantitative estimate of drug-likeness (QED) is 0.508. The molecule has 0 saturated carbocycles. The van der Waals surface area contributed by atoms with Crippen LogP contribution in [0, 0.1) is 10.1 Å². The Kier molecular flexibility index (Phi) is 4.82. The number of para-hydroxylation sites is 2. The highest BCUT2D eigenvalue weighted by molar-refractivity contribution is 5.80. The SMILES string of the molecule is O=C(Cn1cnc2ccc([N+](=O)[O-])cc2c1=O)NC[C@H]1COc2ccccc2O1. The lowest BCUT2D eigenvalue weighted by atomic mass is 10.2. The summed E-state index contributed by atoms with van der Waals surface area (Å²) in [7, 11) is 0. The lowest BCUT2D eigenvalue weighted by Gasteiger charge is -2.26. The molecule has 148 valence electrons. The van der Waals surface area contributed by atoms with Crippen LogP contribution in [0.3, 0.4) is 0 Å². The number of hydrogen-bond donors (Lipinski definition) is 1. The summed E-state index contributed by atoms with van der Waals surface area (Å²) < 4.78 is 12.5. The van der Waals surface area contributed by atoms with E-state index in [1.807, 2.05) is 12.1 Å². The van der Waals surface area contributed by atoms with Crippen molar-refractivity contribution in [3.8, 4) is 11.5 Å². The van der Waals surface area contributed by atoms with Crippen molar-refractivity contribution in [3.63, 3.8) is 0 Å². The van der Waals surface area contributed by atoms with Crippen LogP contribution in [0.5, 0.6) is 11.5 Å². The van der Waals surface area contributed by atoms with Gasteiger partial charge in [-0.25, -0.2) is 4.98 Å². The number of hydrogen-bond acceptors (Lipinski definition) is 7. The first-order valence-electron chi connectivity index (χ1n) is 8.80. The molecule has 0 spiro atoms. The molecule has 29 heavy (non-hydrogen) atoms. The number of rotatable bonds is 5. The first-order valence-corrected chi connectivity index (χ1v) is 8.80. The standard InChI is InChI=1S/C19H16N4O6/c24-18(20-8-13-10-28-16-3-1-2-4-17(16)29-13)9-22-11-21-15-6-5-12(23(26)27)7-14(15)19(22)25/h1-7,11,13H,8-10H2,(H,20,24)/t13-/m0/s1. The first-order chi connectivity index (χ1) is 14.0. The van der Waals surface area contributed by atoms with E-state index < -0.39 is 16.4 Å². The fraction of sp³-hybridized carbons (Fsp3) is 0.211. The number of carbonyl (C=O) groups is 1. The second kappa shape index (κ2) is 7.58. The minimum Gasteiger partial charge on any atom is -0.486 e. The Bertz CT molecular complexity index is 1160. The minimum absolute atomic E-state index is 0.0788. The van der Waals surface area contributed by atoms with Crippen LogP contribution in [0.25, 0.3) is 10.9 Å². The van der Waals surface area contributed by atoms with Crippen LogP contribution in [0.1, 0.15) is 0 Å². The molecule has 0 aliphatic carbocycles. The Hall–Kier alpha value is -3.95. The molecule has 0 unspecified atom stereocenters. The molecule has 0 saturated heterocycles. The van der Waals surface area contributed by atoms with E-state index in [0.717, 1.165) is 10.6 Å². The van der Waals surface area contributed by atoms with E-state index in [0.29, 0.717) is 23.6 Å². The summed E-state index contributed by atoms with van der Waals surface area (Å²) in [5, 5.41) is 13.7. The van der Waals surface area contributed by atoms with Crippen LogP contribution in [0.15, 0.2) is 53.6 Å². The van der Waals surface area contributed by atoms with Gasteiger partial charge in [-0.3, -0.25) is 24.3 Å². The van der Waals surface area contributed by atoms with Gasteiger partial charge in [0.15, 0.2) is 11.5 Å². The second-order valence-electron chi connectivity index (χ2n) is 6.44. The number of ether oxygens (including phenoxy) is 2. The number of nitrogens with one attached hydrogen (secondary N) is 1. The molecule has 1 N–H and O–H groups in total. The minimum atomic E-state index is -0.590. The highest BCUT2D eigenvalue weighted by Gasteiger charge is 2.21. The predicted octanol–water partition coefficient (Wildman–Crippen LogP) is 1.26. The third-order valence-corrected chi connectivity index (χ3v) is 4.43. The molecule has 3 aromatic rings. The van der Waals surface area contributed by atoms with Crippen molar-refractivity contribution in [1.29, 1.82) is 0 Å². The van der Waals surface area contributed by atoms with Gasteiger partial charge < -0.3 is 14.8 Å². The highest BCUT2D eigenvalue weighted by atomic mass is 16.6. The predicted molar refractivity (Wildman–Crippen MR) is 102 cm³/mol. The molecular formula is C19H16N4O6. The molecular weight excluding hydrogens is 380 g/mol. The number of fused-ring (bicyclic) bond motifs is 2. The van der Waals surface area contributed by atoms with Gasteiger partial charge in [0.2, 0.25) is 5.91 Å². The van der Waals surface area contributed by atoms with Crippen LogP contribution < -0.4 is 20.3 Å². The number of amides is 1. The van der Waals surface area contributed by atoms with Crippen molar-refractivity contribution in [1.82, 2.24) is 14.9 Å². The molecule has 4 rings (SSSR count). The van der Waals surface area contributed by atoms with Crippen molar-refractivity contribution >= 4 is 22.5 Å². The summed E-state index contributed by atoms with van der Waals surface area (Å²) in [5.41, 5.74) is -0.419. The number of nitro benzene ring substituents is 1. The van der Waals surface area contributed by atoms with Gasteiger partial charge in [-0.1, -0.05) is 12.1 Å². The Morgan fingerprint density at radius 3 is 2.86 bits per heavy atom. The fourth-order valence-electron chi connectivity index (χ4n) is 2.98. The maximum atomic E-state index is 12.6. The topological polar surface area (TPSA) is 126 Å². The summed E-state index contributed by atoms with van der Waals surface area (Å²) in [4.78, 5) is 39.2. The van der Waals surface area contributed by atoms with Crippen LogP contribution in [0.4, 0.5) is 5.69 Å². The number of carbonyl (C=O) groups excluding carboxylic acids is 1. The van der Waals surface area contributed by atoms with E-state index in [4.69, 9.17) is 9.47 Å². The maximum Gasteiger partial charge on any atom is 0.270 e. The Labute approximate surface area is 163 Å². The maximum absolute atomic E-state index is 12.6. The number of nitro groups is 1. The van der Waals surface area contributed by atoms with E-state index in [-0.39, 0.29) is 30.3 Å². The molecule has 1 aliphatic heterocycles. The zero-order chi connectivity index (χ0) is 20.4. The van der Waals surface area contributed by atoms with Crippen molar-refractivity contribution < 1.29 is 19.2 Å². The van der Waals surface area contributed by atoms with Gasteiger partial charge in [-0.05, 0) is 18.2 Å². The molecule has 0 bridgehead atoms. The van der Waals surface area contributed by atoms with Gasteiger partial charge in [0, 0.05) is 12.1 Å². The lowest BCUT2D eigenvalue weighted by molar-refractivity contribution is -0.384. The highest BCUT2D eigenvalue weighted by Crippen LogP contribution is 2.30. The zero-order valence-electron chi connectivity index (χ0n) is 15.1. The van der Waals surface area contributed by atoms with Gasteiger partial charge in [0.1, 0.15) is 19.3 Å². The molecule has 1 atom stereocenters. The number of non-ortho nitro benzene ring substituents is 1. The molecule has 1 amide bonds. The molecule has 2 aromatic carbocycles. The van der Waals surface area contributed by atoms with Gasteiger partial charge in [-0.15, -0.1) is 0 Å². The van der Waals surface area contributed by atoms with Crippen LogP contribution in [-0.4, -0.2) is 39.6 Å². The first kappa shape index (κ1) is 18.4. The zero-order valence-corrected chi connectivity index (χ0v) is 15.1. The molecule has 2 heterocycles. The van der Waals surface area contributed by atoms with Crippen molar-refractivity contribution in [2.75, 3.05) is 13.2 Å². The van der Waals surface area contributed by atoms with Gasteiger partial charge in [0.25, 0.3) is 11.2 Å². The molecule has 1 aromatic heterocycles. The van der Waals surface area contributed by atoms with E-state index in [1.54, 1.807) is 12.1 Å². The average Bonchev–Trinajstić information content (AvgIpc) is 2.74. The van der Waals surface area contributed by atoms with E-state index in [9.17, 15) is 19.7 Å². The van der Waals surface area contributed by atoms with Crippen LogP contribution in [0.2, 0.25) is 0 Å². The number of aromatic nitrogens is 2.